The van der Waals surface area contributed by atoms with Crippen LogP contribution in [-0.4, -0.2) is 14.1 Å². The molecule has 2 heteroatoms. The summed E-state index contributed by atoms with van der Waals surface area (Å²) < 4.78 is 0. The van der Waals surface area contributed by atoms with E-state index in [0.717, 1.165) is 6.54 Å². The van der Waals surface area contributed by atoms with Gasteiger partial charge in [0.25, 0.3) is 0 Å². The van der Waals surface area contributed by atoms with Gasteiger partial charge in [-0.2, -0.15) is 0 Å². The fourth-order valence-corrected chi connectivity index (χ4v) is 2.61. The van der Waals surface area contributed by atoms with Crippen LogP contribution in [-0.2, 0) is 6.54 Å². The molecule has 0 unspecified atom stereocenters. The molecule has 0 heterocycles. The van der Waals surface area contributed by atoms with Crippen LogP contribution in [0, 0.1) is 13.8 Å². The van der Waals surface area contributed by atoms with Gasteiger partial charge in [-0.15, -0.1) is 0 Å². The molecule has 130 valence electrons. The van der Waals surface area contributed by atoms with Gasteiger partial charge in [-0.25, -0.2) is 0 Å². The third-order valence-corrected chi connectivity index (χ3v) is 4.01. The molecule has 0 spiro atoms. The Kier molecular flexibility index (Phi) is 7.09. The predicted molar refractivity (Wildman–Crippen MR) is 110 cm³/mol. The first-order valence-corrected chi connectivity index (χ1v) is 8.64. The molecule has 0 aliphatic rings. The molecule has 0 atom stereocenters. The zero-order valence-electron chi connectivity index (χ0n) is 15.7. The lowest BCUT2D eigenvalue weighted by atomic mass is 10.2. The quantitative estimate of drug-likeness (QED) is 0.662. The summed E-state index contributed by atoms with van der Waals surface area (Å²) >= 11 is 0. The molecule has 0 aliphatic heterocycles. The lowest BCUT2D eigenvalue weighted by Crippen LogP contribution is -2.16. The Labute approximate surface area is 152 Å². The van der Waals surface area contributed by atoms with Crippen LogP contribution in [0.2, 0.25) is 0 Å². The Bertz CT molecular complexity index is 766. The van der Waals surface area contributed by atoms with Crippen LogP contribution < -0.4 is 10.2 Å². The summed E-state index contributed by atoms with van der Waals surface area (Å²) in [5, 5.41) is 3.07. The van der Waals surface area contributed by atoms with Crippen molar-refractivity contribution in [2.24, 2.45) is 0 Å². The Morgan fingerprint density at radius 1 is 0.760 bits per heavy atom. The highest BCUT2D eigenvalue weighted by Gasteiger charge is 2.01. The zero-order valence-corrected chi connectivity index (χ0v) is 15.7. The number of anilines is 2. The SMILES string of the molecule is CNc1cccc(C)c1.Cc1cccc(N(C)Cc2ccccc2)c1. The molecule has 0 saturated heterocycles. The van der Waals surface area contributed by atoms with Gasteiger partial charge in [0.15, 0.2) is 0 Å². The number of hydrogen-bond donors (Lipinski definition) is 1. The first-order chi connectivity index (χ1) is 12.1. The van der Waals surface area contributed by atoms with Crippen LogP contribution in [0.5, 0.6) is 0 Å². The number of aryl methyl sites for hydroxylation is 2. The second-order valence-electron chi connectivity index (χ2n) is 6.30. The number of benzene rings is 3. The molecule has 0 bridgehead atoms. The van der Waals surface area contributed by atoms with Gasteiger partial charge < -0.3 is 10.2 Å². The Morgan fingerprint density at radius 2 is 1.40 bits per heavy atom. The molecule has 0 fully saturated rings. The van der Waals surface area contributed by atoms with Crippen molar-refractivity contribution in [2.75, 3.05) is 24.3 Å². The highest BCUT2D eigenvalue weighted by molar-refractivity contribution is 5.48. The van der Waals surface area contributed by atoms with Crippen LogP contribution >= 0.6 is 0 Å². The van der Waals surface area contributed by atoms with Crippen LogP contribution in [0.1, 0.15) is 16.7 Å². The number of hydrogen-bond acceptors (Lipinski definition) is 2. The molecule has 3 rings (SSSR count). The normalized spacial score (nSPS) is 9.76. The first-order valence-electron chi connectivity index (χ1n) is 8.64. The summed E-state index contributed by atoms with van der Waals surface area (Å²) in [6.07, 6.45) is 0. The molecule has 0 amide bonds. The maximum atomic E-state index is 3.07. The maximum Gasteiger partial charge on any atom is 0.0426 e. The van der Waals surface area contributed by atoms with E-state index in [2.05, 4.69) is 97.8 Å². The number of nitrogens with one attached hydrogen (secondary N) is 1. The van der Waals surface area contributed by atoms with E-state index in [-0.39, 0.29) is 0 Å². The monoisotopic (exact) mass is 332 g/mol. The molecule has 3 aromatic rings. The van der Waals surface area contributed by atoms with Crippen LogP contribution in [0.3, 0.4) is 0 Å². The van der Waals surface area contributed by atoms with Crippen molar-refractivity contribution in [3.63, 3.8) is 0 Å². The molecule has 25 heavy (non-hydrogen) atoms. The fourth-order valence-electron chi connectivity index (χ4n) is 2.61. The molecule has 3 aromatic carbocycles. The Morgan fingerprint density at radius 3 is 1.96 bits per heavy atom. The van der Waals surface area contributed by atoms with Crippen LogP contribution in [0.25, 0.3) is 0 Å². The van der Waals surface area contributed by atoms with Crippen molar-refractivity contribution in [1.82, 2.24) is 0 Å². The summed E-state index contributed by atoms with van der Waals surface area (Å²) in [6, 6.07) is 27.4. The third kappa shape index (κ3) is 6.34. The molecule has 0 saturated carbocycles. The number of rotatable bonds is 4. The van der Waals surface area contributed by atoms with Crippen molar-refractivity contribution in [2.45, 2.75) is 20.4 Å². The van der Waals surface area contributed by atoms with E-state index in [1.165, 1.54) is 28.1 Å². The van der Waals surface area contributed by atoms with Gasteiger partial charge in [-0.05, 0) is 54.8 Å². The Hall–Kier alpha value is -2.74. The molecular weight excluding hydrogens is 304 g/mol. The van der Waals surface area contributed by atoms with E-state index in [9.17, 15) is 0 Å². The maximum absolute atomic E-state index is 3.07. The molecule has 0 aromatic heterocycles. The van der Waals surface area contributed by atoms with E-state index in [1.807, 2.05) is 19.2 Å². The topological polar surface area (TPSA) is 15.3 Å². The molecule has 0 radical (unpaired) electrons. The molecule has 2 nitrogen and oxygen atoms in total. The van der Waals surface area contributed by atoms with E-state index in [1.54, 1.807) is 0 Å². The average molecular weight is 332 g/mol. The minimum atomic E-state index is 0.949. The largest absolute Gasteiger partial charge is 0.388 e. The van der Waals surface area contributed by atoms with E-state index in [0.29, 0.717) is 0 Å². The predicted octanol–water partition coefficient (Wildman–Crippen LogP) is 5.67. The van der Waals surface area contributed by atoms with Crippen LogP contribution in [0.15, 0.2) is 78.9 Å². The minimum Gasteiger partial charge on any atom is -0.388 e. The van der Waals surface area contributed by atoms with Gasteiger partial charge in [-0.1, -0.05) is 54.6 Å². The van der Waals surface area contributed by atoms with E-state index < -0.39 is 0 Å². The van der Waals surface area contributed by atoms with Gasteiger partial charge >= 0.3 is 0 Å². The van der Waals surface area contributed by atoms with Gasteiger partial charge in [0, 0.05) is 32.0 Å². The summed E-state index contributed by atoms with van der Waals surface area (Å²) in [4.78, 5) is 2.27. The van der Waals surface area contributed by atoms with Crippen molar-refractivity contribution in [3.05, 3.63) is 95.6 Å². The van der Waals surface area contributed by atoms with Crippen molar-refractivity contribution in [3.8, 4) is 0 Å². The van der Waals surface area contributed by atoms with Crippen molar-refractivity contribution in [1.29, 1.82) is 0 Å². The van der Waals surface area contributed by atoms with E-state index >= 15 is 0 Å². The number of nitrogens with zero attached hydrogens (tertiary/aromatic N) is 1. The molecule has 1 N–H and O–H groups in total. The second-order valence-corrected chi connectivity index (χ2v) is 6.30. The summed E-state index contributed by atoms with van der Waals surface area (Å²) in [5.41, 5.74) is 6.38. The summed E-state index contributed by atoms with van der Waals surface area (Å²) in [5.74, 6) is 0. The first kappa shape index (κ1) is 18.6. The highest BCUT2D eigenvalue weighted by atomic mass is 15.1. The average Bonchev–Trinajstić information content (AvgIpc) is 2.63. The van der Waals surface area contributed by atoms with Gasteiger partial charge in [0.1, 0.15) is 0 Å². The summed E-state index contributed by atoms with van der Waals surface area (Å²) in [7, 11) is 4.05. The molecule has 0 aliphatic carbocycles. The van der Waals surface area contributed by atoms with Crippen LogP contribution in [0.4, 0.5) is 11.4 Å². The van der Waals surface area contributed by atoms with Crippen molar-refractivity contribution >= 4 is 11.4 Å². The minimum absolute atomic E-state index is 0.949. The van der Waals surface area contributed by atoms with Gasteiger partial charge in [-0.3, -0.25) is 0 Å². The third-order valence-electron chi connectivity index (χ3n) is 4.01. The fraction of sp³-hybridized carbons (Fsp3) is 0.217. The van der Waals surface area contributed by atoms with Gasteiger partial charge in [0.05, 0.1) is 0 Å². The lowest BCUT2D eigenvalue weighted by molar-refractivity contribution is 0.922. The highest BCUT2D eigenvalue weighted by Crippen LogP contribution is 2.16. The van der Waals surface area contributed by atoms with Crippen molar-refractivity contribution < 1.29 is 0 Å². The van der Waals surface area contributed by atoms with E-state index in [4.69, 9.17) is 0 Å². The van der Waals surface area contributed by atoms with Gasteiger partial charge in [0.2, 0.25) is 0 Å². The summed E-state index contributed by atoms with van der Waals surface area (Å²) in [6.45, 7) is 5.16. The molecular formula is C23H28N2. The Balaban J connectivity index is 0.000000212. The zero-order chi connectivity index (χ0) is 18.1. The lowest BCUT2D eigenvalue weighted by Gasteiger charge is -2.19. The standard InChI is InChI=1S/C15H17N.C8H11N/c1-13-7-6-10-15(11-13)16(2)12-14-8-4-3-5-9-14;1-7-4-3-5-8(6-7)9-2/h3-11H,12H2,1-2H3;3-6,9H,1-2H3. The smallest absolute Gasteiger partial charge is 0.0426 e. The second kappa shape index (κ2) is 9.53.